The molecule has 0 unspecified atom stereocenters. The summed E-state index contributed by atoms with van der Waals surface area (Å²) in [5.41, 5.74) is -1.33. The molecule has 0 aromatic heterocycles. The van der Waals surface area contributed by atoms with Gasteiger partial charge in [-0.1, -0.05) is 0 Å². The van der Waals surface area contributed by atoms with Crippen LogP contribution in [0, 0.1) is 12.3 Å². The maximum absolute atomic E-state index is 12.2. The van der Waals surface area contributed by atoms with Gasteiger partial charge in [0.05, 0.1) is 0 Å². The lowest BCUT2D eigenvalue weighted by atomic mass is 10.2. The molecule has 8 heteroatoms. The van der Waals surface area contributed by atoms with Crippen LogP contribution in [-0.2, 0) is 9.47 Å². The van der Waals surface area contributed by atoms with Gasteiger partial charge in [0, 0.05) is 39.1 Å². The molecule has 1 saturated heterocycles. The Labute approximate surface area is 162 Å². The summed E-state index contributed by atoms with van der Waals surface area (Å²) >= 11 is 0. The summed E-state index contributed by atoms with van der Waals surface area (Å²) in [6.45, 7) is 14.1. The van der Waals surface area contributed by atoms with E-state index in [2.05, 4.69) is 21.1 Å². The van der Waals surface area contributed by atoms with Crippen LogP contribution in [0.1, 0.15) is 48.0 Å². The quantitative estimate of drug-likeness (QED) is 0.450. The third-order valence-electron chi connectivity index (χ3n) is 3.45. The number of rotatable bonds is 2. The molecule has 0 radical (unpaired) electrons. The van der Waals surface area contributed by atoms with Gasteiger partial charge in [0.15, 0.2) is 0 Å². The van der Waals surface area contributed by atoms with E-state index >= 15 is 0 Å². The van der Waals surface area contributed by atoms with Gasteiger partial charge >= 0.3 is 12.2 Å². The number of terminal acetylenes is 1. The molecule has 8 nitrogen and oxygen atoms in total. The van der Waals surface area contributed by atoms with Crippen molar-refractivity contribution in [3.63, 3.8) is 0 Å². The second-order valence-electron chi connectivity index (χ2n) is 8.33. The van der Waals surface area contributed by atoms with Crippen molar-refractivity contribution in [1.82, 2.24) is 15.1 Å². The first-order valence-corrected chi connectivity index (χ1v) is 9.12. The van der Waals surface area contributed by atoms with E-state index in [1.54, 1.807) is 41.5 Å². The average Bonchev–Trinajstić information content (AvgIpc) is 2.49. The molecule has 2 amide bonds. The van der Waals surface area contributed by atoms with Crippen molar-refractivity contribution in [2.45, 2.75) is 59.2 Å². The number of carbonyl (C=O) groups excluding carboxylic acids is 2. The van der Waals surface area contributed by atoms with Crippen LogP contribution in [0.25, 0.3) is 0 Å². The molecule has 0 spiro atoms. The molecule has 152 valence electrons. The topological polar surface area (TPSA) is 83.5 Å². The first kappa shape index (κ1) is 22.8. The van der Waals surface area contributed by atoms with Crippen molar-refractivity contribution < 1.29 is 19.1 Å². The van der Waals surface area contributed by atoms with Gasteiger partial charge in [0.2, 0.25) is 5.96 Å². The number of hydrogen-bond acceptors (Lipinski definition) is 5. The van der Waals surface area contributed by atoms with E-state index in [4.69, 9.17) is 15.9 Å². The van der Waals surface area contributed by atoms with Crippen LogP contribution in [-0.4, -0.2) is 71.9 Å². The minimum atomic E-state index is -0.761. The van der Waals surface area contributed by atoms with Gasteiger partial charge in [-0.2, -0.15) is 0 Å². The fourth-order valence-electron chi connectivity index (χ4n) is 2.35. The van der Waals surface area contributed by atoms with Crippen molar-refractivity contribution in [2.24, 2.45) is 4.99 Å². The van der Waals surface area contributed by atoms with Gasteiger partial charge in [0.1, 0.15) is 11.2 Å². The summed E-state index contributed by atoms with van der Waals surface area (Å²) in [7, 11) is 0. The van der Waals surface area contributed by atoms with Gasteiger partial charge in [0.25, 0.3) is 0 Å². The zero-order valence-corrected chi connectivity index (χ0v) is 17.3. The van der Waals surface area contributed by atoms with Crippen LogP contribution in [0.2, 0.25) is 0 Å². The van der Waals surface area contributed by atoms with Crippen LogP contribution in [0.3, 0.4) is 0 Å². The minimum absolute atomic E-state index is 0.134. The second-order valence-corrected chi connectivity index (χ2v) is 8.33. The fourth-order valence-corrected chi connectivity index (χ4v) is 2.35. The average molecular weight is 380 g/mol. The maximum atomic E-state index is 12.2. The van der Waals surface area contributed by atoms with Crippen molar-refractivity contribution in [1.29, 1.82) is 0 Å². The lowest BCUT2D eigenvalue weighted by Gasteiger charge is -2.36. The third-order valence-corrected chi connectivity index (χ3v) is 3.45. The third kappa shape index (κ3) is 9.85. The number of aliphatic imine (C=N–C) groups is 1. The lowest BCUT2D eigenvalue weighted by Crippen LogP contribution is -2.54. The number of carbonyl (C=O) groups is 2. The highest BCUT2D eigenvalue weighted by molar-refractivity contribution is 5.99. The Bertz CT molecular complexity index is 588. The summed E-state index contributed by atoms with van der Waals surface area (Å²) in [4.78, 5) is 32.3. The maximum Gasteiger partial charge on any atom is 0.437 e. The van der Waals surface area contributed by atoms with Crippen LogP contribution in [0.5, 0.6) is 0 Å². The summed E-state index contributed by atoms with van der Waals surface area (Å²) in [5.74, 6) is 2.77. The lowest BCUT2D eigenvalue weighted by molar-refractivity contribution is 0.0550. The Morgan fingerprint density at radius 2 is 1.59 bits per heavy atom. The highest BCUT2D eigenvalue weighted by atomic mass is 16.6. The van der Waals surface area contributed by atoms with E-state index in [0.29, 0.717) is 19.5 Å². The molecule has 1 N–H and O–H groups in total. The number of alkyl carbamates (subject to hydrolysis) is 1. The highest BCUT2D eigenvalue weighted by Gasteiger charge is 2.25. The minimum Gasteiger partial charge on any atom is -0.444 e. The monoisotopic (exact) mass is 380 g/mol. The number of piperazine rings is 1. The summed E-state index contributed by atoms with van der Waals surface area (Å²) in [5, 5.41) is 2.58. The Hall–Kier alpha value is -2.27. The summed E-state index contributed by atoms with van der Waals surface area (Å²) in [6.07, 6.45) is 4.57. The zero-order chi connectivity index (χ0) is 20.7. The molecule has 1 rings (SSSR count). The Balaban J connectivity index is 2.84. The van der Waals surface area contributed by atoms with E-state index in [1.165, 1.54) is 0 Å². The first-order chi connectivity index (χ1) is 12.4. The summed E-state index contributed by atoms with van der Waals surface area (Å²) < 4.78 is 10.5. The Kier molecular flexibility index (Phi) is 8.10. The van der Waals surface area contributed by atoms with E-state index in [9.17, 15) is 9.59 Å². The van der Waals surface area contributed by atoms with Crippen molar-refractivity contribution in [3.05, 3.63) is 0 Å². The molecule has 0 aromatic rings. The number of nitrogens with zero attached hydrogens (tertiary/aromatic N) is 3. The van der Waals surface area contributed by atoms with Gasteiger partial charge in [-0.05, 0) is 41.5 Å². The van der Waals surface area contributed by atoms with E-state index in [1.807, 2.05) is 4.90 Å². The molecule has 1 heterocycles. The van der Waals surface area contributed by atoms with Gasteiger partial charge in [-0.25, -0.2) is 9.59 Å². The normalized spacial score (nSPS) is 16.5. The number of amides is 2. The largest absolute Gasteiger partial charge is 0.444 e. The SMILES string of the molecule is C#CCCN1CCN(/C(=N\C(=O)OC(C)(C)C)NC(=O)OC(C)(C)C)CC1. The summed E-state index contributed by atoms with van der Waals surface area (Å²) in [6, 6.07) is 0. The predicted octanol–water partition coefficient (Wildman–Crippen LogP) is 2.44. The number of hydrogen-bond donors (Lipinski definition) is 1. The van der Waals surface area contributed by atoms with E-state index < -0.39 is 23.4 Å². The van der Waals surface area contributed by atoms with E-state index in [-0.39, 0.29) is 5.96 Å². The second kappa shape index (κ2) is 9.60. The number of ether oxygens (including phenoxy) is 2. The fraction of sp³-hybridized carbons (Fsp3) is 0.737. The van der Waals surface area contributed by atoms with Gasteiger partial charge in [-0.3, -0.25) is 10.2 Å². The molecular weight excluding hydrogens is 348 g/mol. The van der Waals surface area contributed by atoms with Crippen molar-refractivity contribution in [3.8, 4) is 12.3 Å². The van der Waals surface area contributed by atoms with Crippen molar-refractivity contribution in [2.75, 3.05) is 32.7 Å². The molecule has 0 saturated carbocycles. The van der Waals surface area contributed by atoms with Crippen molar-refractivity contribution >= 4 is 18.1 Å². The standard InChI is InChI=1S/C19H32N4O4/c1-8-9-10-22-11-13-23(14-12-22)15(20-16(24)26-18(2,3)4)21-17(25)27-19(5,6)7/h1H,9-14H2,2-7H3,(H,20,21,24,25). The molecule has 1 aliphatic heterocycles. The highest BCUT2D eigenvalue weighted by Crippen LogP contribution is 2.10. The molecule has 0 bridgehead atoms. The predicted molar refractivity (Wildman–Crippen MR) is 105 cm³/mol. The van der Waals surface area contributed by atoms with Crippen LogP contribution >= 0.6 is 0 Å². The molecule has 1 fully saturated rings. The Morgan fingerprint density at radius 3 is 2.07 bits per heavy atom. The molecule has 27 heavy (non-hydrogen) atoms. The van der Waals surface area contributed by atoms with Gasteiger partial charge in [-0.15, -0.1) is 17.3 Å². The smallest absolute Gasteiger partial charge is 0.437 e. The molecular formula is C19H32N4O4. The van der Waals surface area contributed by atoms with Crippen LogP contribution in [0.4, 0.5) is 9.59 Å². The number of nitrogens with one attached hydrogen (secondary N) is 1. The Morgan fingerprint density at radius 1 is 1.04 bits per heavy atom. The molecule has 0 atom stereocenters. The van der Waals surface area contributed by atoms with E-state index in [0.717, 1.165) is 19.6 Å². The van der Waals surface area contributed by atoms with Crippen LogP contribution in [0.15, 0.2) is 4.99 Å². The number of guanidine groups is 1. The van der Waals surface area contributed by atoms with Gasteiger partial charge < -0.3 is 14.4 Å². The first-order valence-electron chi connectivity index (χ1n) is 9.12. The zero-order valence-electron chi connectivity index (χ0n) is 17.3. The molecule has 1 aliphatic rings. The molecule has 0 aliphatic carbocycles. The molecule has 0 aromatic carbocycles. The van der Waals surface area contributed by atoms with Crippen LogP contribution < -0.4 is 5.32 Å².